The van der Waals surface area contributed by atoms with Gasteiger partial charge >= 0.3 is 11.4 Å². The number of phenolic OH excluding ortho intramolecular Hbond substituents is 1. The van der Waals surface area contributed by atoms with E-state index in [1.807, 2.05) is 6.07 Å². The first-order valence-corrected chi connectivity index (χ1v) is 9.29. The van der Waals surface area contributed by atoms with Gasteiger partial charge in [-0.15, -0.1) is 0 Å². The van der Waals surface area contributed by atoms with Gasteiger partial charge in [0.15, 0.2) is 5.75 Å². The van der Waals surface area contributed by atoms with Crippen molar-refractivity contribution in [1.29, 1.82) is 0 Å². The van der Waals surface area contributed by atoms with Crippen molar-refractivity contribution >= 4 is 28.1 Å². The second-order valence-electron chi connectivity index (χ2n) is 7.39. The zero-order valence-electron chi connectivity index (χ0n) is 16.4. The van der Waals surface area contributed by atoms with Crippen LogP contribution < -0.4 is 16.6 Å². The third-order valence-electron chi connectivity index (χ3n) is 5.73. The molecule has 11 nitrogen and oxygen atoms in total. The number of phenols is 1. The van der Waals surface area contributed by atoms with Gasteiger partial charge in [-0.05, 0) is 29.3 Å². The molecule has 4 aromatic rings. The van der Waals surface area contributed by atoms with E-state index in [-0.39, 0.29) is 5.56 Å². The van der Waals surface area contributed by atoms with Crippen LogP contribution in [0.4, 0.5) is 17.2 Å². The van der Waals surface area contributed by atoms with Crippen LogP contribution in [0, 0.1) is 10.1 Å². The third-order valence-corrected chi connectivity index (χ3v) is 5.73. The van der Waals surface area contributed by atoms with Crippen molar-refractivity contribution < 1.29 is 10.0 Å². The predicted molar refractivity (Wildman–Crippen MR) is 112 cm³/mol. The molecule has 11 heteroatoms. The Labute approximate surface area is 173 Å². The Morgan fingerprint density at radius 3 is 2.65 bits per heavy atom. The first-order valence-electron chi connectivity index (χ1n) is 9.29. The maximum Gasteiger partial charge on any atom is 0.332 e. The van der Waals surface area contributed by atoms with Crippen molar-refractivity contribution in [3.8, 4) is 5.75 Å². The van der Waals surface area contributed by atoms with Gasteiger partial charge in [0.2, 0.25) is 0 Å². The minimum Gasteiger partial charge on any atom is -0.502 e. The molecule has 0 saturated carbocycles. The Bertz CT molecular complexity index is 1530. The van der Waals surface area contributed by atoms with Gasteiger partial charge in [0.05, 0.1) is 22.2 Å². The number of nitro groups is 1. The van der Waals surface area contributed by atoms with Crippen LogP contribution in [-0.2, 0) is 14.1 Å². The van der Waals surface area contributed by atoms with E-state index in [1.54, 1.807) is 19.3 Å². The van der Waals surface area contributed by atoms with E-state index in [4.69, 9.17) is 0 Å². The number of hydrogen-bond donors (Lipinski definition) is 3. The molecular formula is C20H16N6O5. The zero-order valence-corrected chi connectivity index (χ0v) is 16.4. The highest BCUT2D eigenvalue weighted by Gasteiger charge is 2.35. The Kier molecular flexibility index (Phi) is 3.78. The largest absolute Gasteiger partial charge is 0.502 e. The highest BCUT2D eigenvalue weighted by molar-refractivity contribution is 5.92. The van der Waals surface area contributed by atoms with Crippen molar-refractivity contribution in [2.75, 3.05) is 5.32 Å². The van der Waals surface area contributed by atoms with Crippen molar-refractivity contribution in [3.63, 3.8) is 0 Å². The summed E-state index contributed by atoms with van der Waals surface area (Å²) in [4.78, 5) is 36.5. The fraction of sp³-hybridized carbons (Fsp3) is 0.150. The zero-order chi connectivity index (χ0) is 22.0. The minimum atomic E-state index is -0.739. The lowest BCUT2D eigenvalue weighted by Crippen LogP contribution is -2.42. The standard InChI is InChI=1S/C20H16N6O5/c1-24-18-17(19(28)25(2)20(24)29)15(9-3-6-14(27)13(7-9)26(30)31)16-10-8-21-23-11(10)4-5-12(16)22-18/h3-8,15,22,27H,1-2H3,(H,21,23). The number of hydrogen-bond acceptors (Lipinski definition) is 7. The Hall–Kier alpha value is -4.41. The second kappa shape index (κ2) is 6.29. The van der Waals surface area contributed by atoms with Crippen LogP contribution in [0.25, 0.3) is 10.9 Å². The molecule has 0 spiro atoms. The van der Waals surface area contributed by atoms with Gasteiger partial charge in [-0.2, -0.15) is 5.10 Å². The lowest BCUT2D eigenvalue weighted by Gasteiger charge is -2.31. The molecule has 2 aromatic carbocycles. The average molecular weight is 420 g/mol. The van der Waals surface area contributed by atoms with E-state index in [9.17, 15) is 24.8 Å². The maximum absolute atomic E-state index is 13.2. The van der Waals surface area contributed by atoms with E-state index >= 15 is 0 Å². The third kappa shape index (κ3) is 2.49. The molecule has 0 fully saturated rings. The number of H-pyrrole nitrogens is 1. The van der Waals surface area contributed by atoms with Crippen LogP contribution in [0.2, 0.25) is 0 Å². The van der Waals surface area contributed by atoms with E-state index in [0.717, 1.165) is 15.5 Å². The first kappa shape index (κ1) is 18.6. The number of nitrogens with one attached hydrogen (secondary N) is 2. The molecule has 0 saturated heterocycles. The quantitative estimate of drug-likeness (QED) is 0.291. The number of rotatable bonds is 2. The van der Waals surface area contributed by atoms with Crippen molar-refractivity contribution in [2.45, 2.75) is 5.92 Å². The van der Waals surface area contributed by atoms with Crippen LogP contribution in [0.3, 0.4) is 0 Å². The van der Waals surface area contributed by atoms with Gasteiger partial charge in [-0.3, -0.25) is 29.1 Å². The van der Waals surface area contributed by atoms with Crippen LogP contribution >= 0.6 is 0 Å². The van der Waals surface area contributed by atoms with Crippen molar-refractivity contribution in [1.82, 2.24) is 19.3 Å². The summed E-state index contributed by atoms with van der Waals surface area (Å²) < 4.78 is 2.34. The highest BCUT2D eigenvalue weighted by Crippen LogP contribution is 2.46. The molecule has 1 aliphatic heterocycles. The van der Waals surface area contributed by atoms with E-state index in [0.29, 0.717) is 22.6 Å². The molecule has 1 aliphatic rings. The fourth-order valence-corrected chi connectivity index (χ4v) is 4.21. The van der Waals surface area contributed by atoms with Crippen molar-refractivity contribution in [3.05, 3.63) is 84.2 Å². The maximum atomic E-state index is 13.2. The molecule has 0 amide bonds. The highest BCUT2D eigenvalue weighted by atomic mass is 16.6. The minimum absolute atomic E-state index is 0.269. The molecule has 0 bridgehead atoms. The monoisotopic (exact) mass is 420 g/mol. The number of nitrogens with zero attached hydrogens (tertiary/aromatic N) is 4. The number of benzene rings is 2. The van der Waals surface area contributed by atoms with Crippen LogP contribution in [0.5, 0.6) is 5.75 Å². The smallest absolute Gasteiger partial charge is 0.332 e. The van der Waals surface area contributed by atoms with E-state index in [1.165, 1.54) is 29.8 Å². The summed E-state index contributed by atoms with van der Waals surface area (Å²) in [6.45, 7) is 0. The number of aromatic hydroxyl groups is 1. The number of anilines is 2. The summed E-state index contributed by atoms with van der Waals surface area (Å²) in [5.41, 5.74) is 1.27. The van der Waals surface area contributed by atoms with E-state index in [2.05, 4.69) is 15.5 Å². The SMILES string of the molecule is Cn1c2c(c(=O)n(C)c1=O)C(c1ccc(O)c([N+](=O)[O-])c1)c1c(ccc3[nH]ncc13)N2. The van der Waals surface area contributed by atoms with Gasteiger partial charge in [0, 0.05) is 37.2 Å². The number of aromatic amines is 1. The molecule has 2 aromatic heterocycles. The van der Waals surface area contributed by atoms with Crippen LogP contribution in [-0.4, -0.2) is 29.4 Å². The number of aromatic nitrogens is 4. The van der Waals surface area contributed by atoms with Gasteiger partial charge in [-0.1, -0.05) is 6.07 Å². The van der Waals surface area contributed by atoms with Crippen LogP contribution in [0.1, 0.15) is 22.6 Å². The summed E-state index contributed by atoms with van der Waals surface area (Å²) in [5, 5.41) is 32.3. The Morgan fingerprint density at radius 2 is 1.90 bits per heavy atom. The Morgan fingerprint density at radius 1 is 1.13 bits per heavy atom. The Balaban J connectivity index is 1.93. The number of nitro benzene ring substituents is 1. The lowest BCUT2D eigenvalue weighted by molar-refractivity contribution is -0.385. The molecule has 1 unspecified atom stereocenters. The van der Waals surface area contributed by atoms with Gasteiger partial charge < -0.3 is 10.4 Å². The average Bonchev–Trinajstić information content (AvgIpc) is 3.24. The summed E-state index contributed by atoms with van der Waals surface area (Å²) in [6.07, 6.45) is 1.62. The van der Waals surface area contributed by atoms with Gasteiger partial charge in [0.1, 0.15) is 5.82 Å². The normalized spacial score (nSPS) is 14.7. The molecule has 0 radical (unpaired) electrons. The predicted octanol–water partition coefficient (Wildman–Crippen LogP) is 1.81. The molecule has 5 rings (SSSR count). The lowest BCUT2D eigenvalue weighted by atomic mass is 9.81. The van der Waals surface area contributed by atoms with Crippen molar-refractivity contribution in [2.24, 2.45) is 14.1 Å². The van der Waals surface area contributed by atoms with E-state index < -0.39 is 33.5 Å². The topological polar surface area (TPSA) is 148 Å². The van der Waals surface area contributed by atoms with Gasteiger partial charge in [-0.25, -0.2) is 4.79 Å². The molecule has 156 valence electrons. The molecular weight excluding hydrogens is 404 g/mol. The fourth-order valence-electron chi connectivity index (χ4n) is 4.21. The van der Waals surface area contributed by atoms with Crippen LogP contribution in [0.15, 0.2) is 46.1 Å². The molecule has 31 heavy (non-hydrogen) atoms. The summed E-state index contributed by atoms with van der Waals surface area (Å²) in [7, 11) is 2.93. The molecule has 1 atom stereocenters. The summed E-state index contributed by atoms with van der Waals surface area (Å²) >= 11 is 0. The number of fused-ring (bicyclic) bond motifs is 4. The second-order valence-corrected chi connectivity index (χ2v) is 7.39. The summed E-state index contributed by atoms with van der Waals surface area (Å²) in [5.74, 6) is -0.903. The molecule has 3 N–H and O–H groups in total. The molecule has 3 heterocycles. The molecule has 0 aliphatic carbocycles. The summed E-state index contributed by atoms with van der Waals surface area (Å²) in [6, 6.07) is 7.63. The van der Waals surface area contributed by atoms with Gasteiger partial charge in [0.25, 0.3) is 5.56 Å². The first-order chi connectivity index (χ1) is 14.8.